The van der Waals surface area contributed by atoms with Crippen molar-refractivity contribution in [3.8, 4) is 0 Å². The van der Waals surface area contributed by atoms with Crippen LogP contribution < -0.4 is 4.90 Å². The predicted octanol–water partition coefficient (Wildman–Crippen LogP) is -2.22. The maximum Gasteiger partial charge on any atom is 0.143 e. The van der Waals surface area contributed by atoms with Crippen LogP contribution in [0.5, 0.6) is 0 Å². The average molecular weight is 175 g/mol. The van der Waals surface area contributed by atoms with Crippen molar-refractivity contribution in [3.05, 3.63) is 0 Å². The Bertz CT molecular complexity index is 114. The van der Waals surface area contributed by atoms with Crippen LogP contribution in [-0.4, -0.2) is 63.2 Å². The predicted molar refractivity (Wildman–Crippen MR) is 46.1 cm³/mol. The number of piperazine rings is 1. The monoisotopic (exact) mass is 175 g/mol. The summed E-state index contributed by atoms with van der Waals surface area (Å²) in [4.78, 5) is 3.93. The molecule has 0 saturated carbocycles. The SMILES string of the molecule is CN1CC[NH+](CCOCO)CC1. The summed E-state index contributed by atoms with van der Waals surface area (Å²) in [6.07, 6.45) is 0. The van der Waals surface area contributed by atoms with Gasteiger partial charge in [-0.15, -0.1) is 0 Å². The Morgan fingerprint density at radius 3 is 2.67 bits per heavy atom. The van der Waals surface area contributed by atoms with Gasteiger partial charge >= 0.3 is 0 Å². The standard InChI is InChI=1S/C8H18N2O2/c1-9-2-4-10(5-3-9)6-7-12-8-11/h11H,2-8H2,1H3/p+1. The van der Waals surface area contributed by atoms with Crippen molar-refractivity contribution in [1.29, 1.82) is 0 Å². The third kappa shape index (κ3) is 3.49. The van der Waals surface area contributed by atoms with Gasteiger partial charge in [-0.2, -0.15) is 0 Å². The summed E-state index contributed by atoms with van der Waals surface area (Å²) in [6.45, 7) is 6.30. The lowest BCUT2D eigenvalue weighted by molar-refractivity contribution is -0.904. The molecule has 12 heavy (non-hydrogen) atoms. The van der Waals surface area contributed by atoms with Crippen molar-refractivity contribution >= 4 is 0 Å². The van der Waals surface area contributed by atoms with Crippen LogP contribution in [0.3, 0.4) is 0 Å². The van der Waals surface area contributed by atoms with Crippen molar-refractivity contribution < 1.29 is 14.7 Å². The number of nitrogens with zero attached hydrogens (tertiary/aromatic N) is 1. The van der Waals surface area contributed by atoms with Crippen molar-refractivity contribution in [2.45, 2.75) is 0 Å². The van der Waals surface area contributed by atoms with Crippen LogP contribution in [0, 0.1) is 0 Å². The number of rotatable bonds is 4. The van der Waals surface area contributed by atoms with E-state index in [-0.39, 0.29) is 6.79 Å². The molecule has 0 aliphatic carbocycles. The van der Waals surface area contributed by atoms with Crippen molar-refractivity contribution in [3.63, 3.8) is 0 Å². The molecule has 72 valence electrons. The zero-order valence-corrected chi connectivity index (χ0v) is 7.75. The number of nitrogens with one attached hydrogen (secondary N) is 1. The van der Waals surface area contributed by atoms with E-state index in [0.29, 0.717) is 6.61 Å². The second-order valence-electron chi connectivity index (χ2n) is 3.34. The molecule has 1 saturated heterocycles. The summed E-state index contributed by atoms with van der Waals surface area (Å²) in [7, 11) is 2.15. The fourth-order valence-electron chi connectivity index (χ4n) is 1.47. The molecule has 1 aliphatic heterocycles. The topological polar surface area (TPSA) is 37.1 Å². The lowest BCUT2D eigenvalue weighted by Crippen LogP contribution is -3.15. The number of likely N-dealkylation sites (N-methyl/N-ethyl adjacent to an activating group) is 1. The van der Waals surface area contributed by atoms with Gasteiger partial charge in [-0.05, 0) is 7.05 Å². The molecule has 1 rings (SSSR count). The van der Waals surface area contributed by atoms with E-state index in [1.54, 1.807) is 4.90 Å². The van der Waals surface area contributed by atoms with Crippen LogP contribution in [0.4, 0.5) is 0 Å². The smallest absolute Gasteiger partial charge is 0.143 e. The number of hydrogen-bond donors (Lipinski definition) is 2. The molecule has 4 heteroatoms. The van der Waals surface area contributed by atoms with Crippen molar-refractivity contribution in [2.24, 2.45) is 0 Å². The minimum Gasteiger partial charge on any atom is -0.371 e. The molecule has 0 aromatic rings. The van der Waals surface area contributed by atoms with Crippen molar-refractivity contribution in [2.75, 3.05) is 53.2 Å². The van der Waals surface area contributed by atoms with Crippen LogP contribution in [0.2, 0.25) is 0 Å². The van der Waals surface area contributed by atoms with E-state index in [2.05, 4.69) is 11.9 Å². The van der Waals surface area contributed by atoms with Gasteiger partial charge in [-0.3, -0.25) is 4.90 Å². The molecule has 0 atom stereocenters. The molecular formula is C8H19N2O2+. The first kappa shape index (κ1) is 9.92. The molecule has 0 radical (unpaired) electrons. The molecular weight excluding hydrogens is 156 g/mol. The average Bonchev–Trinajstić information content (AvgIpc) is 2.09. The van der Waals surface area contributed by atoms with E-state index in [0.717, 1.165) is 6.54 Å². The van der Waals surface area contributed by atoms with Crippen LogP contribution in [0.15, 0.2) is 0 Å². The Morgan fingerprint density at radius 2 is 2.08 bits per heavy atom. The zero-order chi connectivity index (χ0) is 8.81. The van der Waals surface area contributed by atoms with Crippen LogP contribution in [0.25, 0.3) is 0 Å². The van der Waals surface area contributed by atoms with E-state index in [1.807, 2.05) is 0 Å². The molecule has 4 nitrogen and oxygen atoms in total. The third-order valence-electron chi connectivity index (χ3n) is 2.39. The van der Waals surface area contributed by atoms with Crippen LogP contribution in [0.1, 0.15) is 0 Å². The summed E-state index contributed by atoms with van der Waals surface area (Å²) in [5, 5.41) is 8.40. The first-order valence-electron chi connectivity index (χ1n) is 4.53. The molecule has 1 aliphatic rings. The first-order valence-corrected chi connectivity index (χ1v) is 4.53. The van der Waals surface area contributed by atoms with Gasteiger partial charge in [-0.25, -0.2) is 0 Å². The Hall–Kier alpha value is -0.160. The van der Waals surface area contributed by atoms with E-state index < -0.39 is 0 Å². The summed E-state index contributed by atoms with van der Waals surface area (Å²) in [6, 6.07) is 0. The van der Waals surface area contributed by atoms with Crippen LogP contribution in [-0.2, 0) is 4.74 Å². The minimum atomic E-state index is -0.146. The summed E-state index contributed by atoms with van der Waals surface area (Å²) < 4.78 is 4.88. The number of aliphatic hydroxyl groups is 1. The first-order chi connectivity index (χ1) is 5.83. The number of hydrogen-bond acceptors (Lipinski definition) is 3. The second-order valence-corrected chi connectivity index (χ2v) is 3.34. The van der Waals surface area contributed by atoms with Gasteiger partial charge < -0.3 is 14.7 Å². The molecule has 1 fully saturated rings. The molecule has 0 bridgehead atoms. The molecule has 1 heterocycles. The lowest BCUT2D eigenvalue weighted by Gasteiger charge is -2.29. The lowest BCUT2D eigenvalue weighted by atomic mass is 10.3. The highest BCUT2D eigenvalue weighted by Gasteiger charge is 2.15. The highest BCUT2D eigenvalue weighted by atomic mass is 16.6. The molecule has 0 amide bonds. The van der Waals surface area contributed by atoms with Gasteiger partial charge in [0.15, 0.2) is 0 Å². The normalized spacial score (nSPS) is 21.5. The van der Waals surface area contributed by atoms with E-state index in [1.165, 1.54) is 26.2 Å². The van der Waals surface area contributed by atoms with Gasteiger partial charge in [0.1, 0.15) is 13.3 Å². The molecule has 2 N–H and O–H groups in total. The summed E-state index contributed by atoms with van der Waals surface area (Å²) in [5.74, 6) is 0. The summed E-state index contributed by atoms with van der Waals surface area (Å²) >= 11 is 0. The largest absolute Gasteiger partial charge is 0.371 e. The van der Waals surface area contributed by atoms with Gasteiger partial charge in [0.05, 0.1) is 19.7 Å². The molecule has 0 aromatic carbocycles. The van der Waals surface area contributed by atoms with E-state index in [4.69, 9.17) is 9.84 Å². The Labute approximate surface area is 73.7 Å². The van der Waals surface area contributed by atoms with Crippen molar-refractivity contribution in [1.82, 2.24) is 4.90 Å². The highest BCUT2D eigenvalue weighted by Crippen LogP contribution is 1.80. The zero-order valence-electron chi connectivity index (χ0n) is 7.75. The summed E-state index contributed by atoms with van der Waals surface area (Å²) in [5.41, 5.74) is 0. The second kappa shape index (κ2) is 5.48. The van der Waals surface area contributed by atoms with Crippen LogP contribution >= 0.6 is 0 Å². The molecule has 0 aromatic heterocycles. The number of ether oxygens (including phenoxy) is 1. The molecule has 0 unspecified atom stereocenters. The highest BCUT2D eigenvalue weighted by molar-refractivity contribution is 4.53. The quantitative estimate of drug-likeness (QED) is 0.375. The van der Waals surface area contributed by atoms with E-state index >= 15 is 0 Å². The third-order valence-corrected chi connectivity index (χ3v) is 2.39. The number of aliphatic hydroxyl groups excluding tert-OH is 1. The molecule has 0 spiro atoms. The Morgan fingerprint density at radius 1 is 1.42 bits per heavy atom. The maximum atomic E-state index is 8.40. The minimum absolute atomic E-state index is 0.146. The fourth-order valence-corrected chi connectivity index (χ4v) is 1.47. The van der Waals surface area contributed by atoms with Gasteiger partial charge in [-0.1, -0.05) is 0 Å². The van der Waals surface area contributed by atoms with Gasteiger partial charge in [0.2, 0.25) is 0 Å². The Balaban J connectivity index is 2.01. The maximum absolute atomic E-state index is 8.40. The van der Waals surface area contributed by atoms with Gasteiger partial charge in [0, 0.05) is 13.1 Å². The number of quaternary nitrogens is 1. The Kier molecular flexibility index (Phi) is 4.53. The van der Waals surface area contributed by atoms with Gasteiger partial charge in [0.25, 0.3) is 0 Å². The van der Waals surface area contributed by atoms with E-state index in [9.17, 15) is 0 Å². The fraction of sp³-hybridized carbons (Fsp3) is 1.00.